The van der Waals surface area contributed by atoms with Crippen LogP contribution in [0.2, 0.25) is 0 Å². The number of aliphatic hydroxyl groups excluding tert-OH is 2. The van der Waals surface area contributed by atoms with Crippen LogP contribution in [0.3, 0.4) is 0 Å². The van der Waals surface area contributed by atoms with Crippen molar-refractivity contribution >= 4 is 5.91 Å². The molecule has 4 heteroatoms. The number of rotatable bonds is 6. The molecule has 1 aromatic rings. The number of carbonyl (C=O) groups excluding carboxylic acids is 1. The van der Waals surface area contributed by atoms with Crippen LogP contribution >= 0.6 is 0 Å². The quantitative estimate of drug-likeness (QED) is 0.742. The summed E-state index contributed by atoms with van der Waals surface area (Å²) in [7, 11) is 0. The number of aliphatic hydroxyl groups is 2. The zero-order chi connectivity index (χ0) is 14.4. The van der Waals surface area contributed by atoms with Crippen molar-refractivity contribution in [1.82, 2.24) is 5.32 Å². The number of carbonyl (C=O) groups is 1. The molecule has 1 aliphatic rings. The first-order valence-electron chi connectivity index (χ1n) is 7.34. The minimum atomic E-state index is -0.792. The van der Waals surface area contributed by atoms with Crippen molar-refractivity contribution in [1.29, 1.82) is 0 Å². The number of amides is 1. The van der Waals surface area contributed by atoms with Crippen molar-refractivity contribution in [2.75, 3.05) is 6.54 Å². The van der Waals surface area contributed by atoms with E-state index >= 15 is 0 Å². The molecule has 0 spiro atoms. The van der Waals surface area contributed by atoms with Crippen LogP contribution in [0.5, 0.6) is 0 Å². The molecule has 3 N–H and O–H groups in total. The molecule has 20 heavy (non-hydrogen) atoms. The lowest BCUT2D eigenvalue weighted by molar-refractivity contribution is -0.123. The van der Waals surface area contributed by atoms with Gasteiger partial charge in [0.1, 0.15) is 0 Å². The molecule has 2 unspecified atom stereocenters. The third kappa shape index (κ3) is 4.32. The van der Waals surface area contributed by atoms with Gasteiger partial charge in [0.15, 0.2) is 0 Å². The first kappa shape index (κ1) is 15.0. The van der Waals surface area contributed by atoms with Gasteiger partial charge in [0.25, 0.3) is 0 Å². The summed E-state index contributed by atoms with van der Waals surface area (Å²) in [6, 6.07) is 9.13. The summed E-state index contributed by atoms with van der Waals surface area (Å²) >= 11 is 0. The van der Waals surface area contributed by atoms with Gasteiger partial charge in [-0.3, -0.25) is 4.79 Å². The van der Waals surface area contributed by atoms with Crippen LogP contribution < -0.4 is 5.32 Å². The minimum absolute atomic E-state index is 0.0292. The molecule has 2 rings (SSSR count). The van der Waals surface area contributed by atoms with Gasteiger partial charge in [-0.1, -0.05) is 43.2 Å². The van der Waals surface area contributed by atoms with Crippen molar-refractivity contribution in [2.24, 2.45) is 5.92 Å². The Labute approximate surface area is 119 Å². The highest BCUT2D eigenvalue weighted by atomic mass is 16.3. The summed E-state index contributed by atoms with van der Waals surface area (Å²) in [5.41, 5.74) is 0.735. The highest BCUT2D eigenvalue weighted by Crippen LogP contribution is 2.27. The van der Waals surface area contributed by atoms with Crippen LogP contribution in [-0.4, -0.2) is 28.8 Å². The van der Waals surface area contributed by atoms with Gasteiger partial charge < -0.3 is 15.5 Å². The lowest BCUT2D eigenvalue weighted by Crippen LogP contribution is -2.36. The summed E-state index contributed by atoms with van der Waals surface area (Å²) in [5.74, 6) is 0.0905. The Morgan fingerprint density at radius 1 is 1.20 bits per heavy atom. The van der Waals surface area contributed by atoms with Crippen LogP contribution in [0.4, 0.5) is 0 Å². The van der Waals surface area contributed by atoms with Crippen LogP contribution in [0, 0.1) is 5.92 Å². The average molecular weight is 277 g/mol. The molecule has 1 aromatic carbocycles. The zero-order valence-corrected chi connectivity index (χ0v) is 11.7. The average Bonchev–Trinajstić information content (AvgIpc) is 3.00. The fraction of sp³-hybridized carbons (Fsp3) is 0.562. The molecule has 1 amide bonds. The minimum Gasteiger partial charge on any atom is -0.391 e. The van der Waals surface area contributed by atoms with Gasteiger partial charge in [-0.2, -0.15) is 0 Å². The maximum Gasteiger partial charge on any atom is 0.223 e. The van der Waals surface area contributed by atoms with Gasteiger partial charge >= 0.3 is 0 Å². The molecule has 1 saturated carbocycles. The maximum atomic E-state index is 11.8. The smallest absolute Gasteiger partial charge is 0.223 e. The molecule has 1 aliphatic carbocycles. The van der Waals surface area contributed by atoms with Crippen molar-refractivity contribution in [3.05, 3.63) is 35.9 Å². The summed E-state index contributed by atoms with van der Waals surface area (Å²) in [5, 5.41) is 22.6. The second-order valence-electron chi connectivity index (χ2n) is 5.55. The van der Waals surface area contributed by atoms with Crippen molar-refractivity contribution < 1.29 is 15.0 Å². The van der Waals surface area contributed by atoms with Crippen LogP contribution in [0.1, 0.15) is 43.8 Å². The SMILES string of the molecule is O=C(CC(O)c1ccccc1)NCC(O)C1CCCC1. The topological polar surface area (TPSA) is 69.6 Å². The van der Waals surface area contributed by atoms with E-state index in [4.69, 9.17) is 0 Å². The van der Waals surface area contributed by atoms with E-state index in [9.17, 15) is 15.0 Å². The Morgan fingerprint density at radius 2 is 1.85 bits per heavy atom. The van der Waals surface area contributed by atoms with E-state index in [0.29, 0.717) is 5.92 Å². The summed E-state index contributed by atoms with van der Waals surface area (Å²) in [4.78, 5) is 11.8. The molecule has 2 atom stereocenters. The largest absolute Gasteiger partial charge is 0.391 e. The van der Waals surface area contributed by atoms with Crippen LogP contribution in [0.25, 0.3) is 0 Å². The predicted octanol–water partition coefficient (Wildman–Crippen LogP) is 1.78. The van der Waals surface area contributed by atoms with Gasteiger partial charge in [-0.25, -0.2) is 0 Å². The maximum absolute atomic E-state index is 11.8. The first-order chi connectivity index (χ1) is 9.66. The Kier molecular flexibility index (Phi) is 5.56. The Bertz CT molecular complexity index is 415. The van der Waals surface area contributed by atoms with Crippen molar-refractivity contribution in [3.8, 4) is 0 Å². The molecule has 0 aliphatic heterocycles. The number of hydrogen-bond acceptors (Lipinski definition) is 3. The highest BCUT2D eigenvalue weighted by Gasteiger charge is 2.23. The molecule has 0 heterocycles. The molecule has 4 nitrogen and oxygen atoms in total. The van der Waals surface area contributed by atoms with Gasteiger partial charge in [0.2, 0.25) is 5.91 Å². The number of benzene rings is 1. The fourth-order valence-electron chi connectivity index (χ4n) is 2.77. The molecule has 0 saturated heterocycles. The molecular weight excluding hydrogens is 254 g/mol. The van der Waals surface area contributed by atoms with E-state index in [0.717, 1.165) is 18.4 Å². The highest BCUT2D eigenvalue weighted by molar-refractivity contribution is 5.76. The van der Waals surface area contributed by atoms with E-state index in [2.05, 4.69) is 5.32 Å². The van der Waals surface area contributed by atoms with Crippen molar-refractivity contribution in [2.45, 2.75) is 44.3 Å². The van der Waals surface area contributed by atoms with Crippen LogP contribution in [0.15, 0.2) is 30.3 Å². The van der Waals surface area contributed by atoms with Gasteiger partial charge in [0, 0.05) is 6.54 Å². The van der Waals surface area contributed by atoms with Crippen molar-refractivity contribution in [3.63, 3.8) is 0 Å². The van der Waals surface area contributed by atoms with E-state index < -0.39 is 12.2 Å². The third-order valence-electron chi connectivity index (χ3n) is 4.02. The molecule has 110 valence electrons. The molecule has 0 bridgehead atoms. The number of hydrogen-bond donors (Lipinski definition) is 3. The second kappa shape index (κ2) is 7.41. The van der Waals surface area contributed by atoms with E-state index in [1.54, 1.807) is 12.1 Å². The van der Waals surface area contributed by atoms with Gasteiger partial charge in [0.05, 0.1) is 18.6 Å². The number of nitrogens with one attached hydrogen (secondary N) is 1. The zero-order valence-electron chi connectivity index (χ0n) is 11.7. The molecule has 0 radical (unpaired) electrons. The summed E-state index contributed by atoms with van der Waals surface area (Å²) in [6.45, 7) is 0.283. The van der Waals surface area contributed by atoms with E-state index in [-0.39, 0.29) is 18.9 Å². The Morgan fingerprint density at radius 3 is 2.50 bits per heavy atom. The van der Waals surface area contributed by atoms with Gasteiger partial charge in [-0.05, 0) is 24.3 Å². The third-order valence-corrected chi connectivity index (χ3v) is 4.02. The molecular formula is C16H23NO3. The Hall–Kier alpha value is -1.39. The summed E-state index contributed by atoms with van der Waals surface area (Å²) in [6.07, 6.45) is 3.20. The van der Waals surface area contributed by atoms with Gasteiger partial charge in [-0.15, -0.1) is 0 Å². The first-order valence-corrected chi connectivity index (χ1v) is 7.34. The van der Waals surface area contributed by atoms with Crippen LogP contribution in [-0.2, 0) is 4.79 Å². The lowest BCUT2D eigenvalue weighted by Gasteiger charge is -2.18. The fourth-order valence-corrected chi connectivity index (χ4v) is 2.77. The summed E-state index contributed by atoms with van der Waals surface area (Å²) < 4.78 is 0. The van der Waals surface area contributed by atoms with E-state index in [1.165, 1.54) is 12.8 Å². The lowest BCUT2D eigenvalue weighted by atomic mass is 10.0. The monoisotopic (exact) mass is 277 g/mol. The molecule has 0 aromatic heterocycles. The van der Waals surface area contributed by atoms with E-state index in [1.807, 2.05) is 18.2 Å². The standard InChI is InChI=1S/C16H23NO3/c18-14(12-6-2-1-3-7-12)10-16(20)17-11-15(19)13-8-4-5-9-13/h1-3,6-7,13-15,18-19H,4-5,8-11H2,(H,17,20). The Balaban J connectivity index is 1.72. The molecule has 1 fully saturated rings. The predicted molar refractivity (Wildman–Crippen MR) is 77.0 cm³/mol. The normalized spacial score (nSPS) is 18.7. The second-order valence-corrected chi connectivity index (χ2v) is 5.55.